The Bertz CT molecular complexity index is 819. The van der Waals surface area contributed by atoms with Crippen molar-refractivity contribution >= 4 is 11.5 Å². The van der Waals surface area contributed by atoms with E-state index >= 15 is 0 Å². The minimum Gasteiger partial charge on any atom is -0.512 e. The van der Waals surface area contributed by atoms with Crippen LogP contribution in [0.5, 0.6) is 0 Å². The summed E-state index contributed by atoms with van der Waals surface area (Å²) in [5.74, 6) is 0.250. The molecule has 2 N–H and O–H groups in total. The summed E-state index contributed by atoms with van der Waals surface area (Å²) >= 11 is 0. The van der Waals surface area contributed by atoms with E-state index in [1.54, 1.807) is 0 Å². The molecule has 1 aliphatic rings. The van der Waals surface area contributed by atoms with Gasteiger partial charge in [-0.3, -0.25) is 4.79 Å². The van der Waals surface area contributed by atoms with Gasteiger partial charge in [0.1, 0.15) is 0 Å². The van der Waals surface area contributed by atoms with Crippen molar-refractivity contribution in [3.05, 3.63) is 83.1 Å². The Morgan fingerprint density at radius 3 is 2.37 bits per heavy atom. The number of rotatable bonds is 2. The number of aliphatic hydroxyl groups is 1. The first-order valence-electron chi connectivity index (χ1n) is 8.82. The van der Waals surface area contributed by atoms with Crippen molar-refractivity contribution in [1.82, 2.24) is 0 Å². The smallest absolute Gasteiger partial charge is 0.316 e. The summed E-state index contributed by atoms with van der Waals surface area (Å²) in [7, 11) is 0. The van der Waals surface area contributed by atoms with Crippen LogP contribution in [0.4, 0.5) is 0 Å². The van der Waals surface area contributed by atoms with Gasteiger partial charge in [0.25, 0.3) is 0 Å². The van der Waals surface area contributed by atoms with E-state index in [0.717, 1.165) is 24.2 Å². The first kappa shape index (κ1) is 23.0. The van der Waals surface area contributed by atoms with Crippen LogP contribution < -0.4 is 0 Å². The van der Waals surface area contributed by atoms with Gasteiger partial charge in [-0.1, -0.05) is 38.1 Å². The standard InChI is InChI=1S/C18H18N.C5H8O2.Ir/c1-18(2)16-11-7-6-8-14(16)12-13-19-17(18)15-9-4-3-5-10-15;1-4(6)3-5(2)7;/h3-9,11H,12-13H2,1-2H3;3,6H,1-2H3;/q-1;;/p+1/b;4-3-;. The van der Waals surface area contributed by atoms with Crippen LogP contribution in [0.25, 0.3) is 0 Å². The van der Waals surface area contributed by atoms with Gasteiger partial charge in [-0.05, 0) is 35.6 Å². The molecular formula is C23H27IrNO2. The number of hydrogen-bond donors (Lipinski definition) is 1. The molecule has 1 heterocycles. The van der Waals surface area contributed by atoms with E-state index in [1.165, 1.54) is 31.1 Å². The molecule has 2 aromatic rings. The van der Waals surface area contributed by atoms with E-state index in [2.05, 4.69) is 56.3 Å². The number of benzene rings is 2. The number of nitrogens with zero attached hydrogens (tertiary/aromatic N) is 1. The second-order valence-electron chi connectivity index (χ2n) is 6.97. The number of hydrogen-bond acceptors (Lipinski definition) is 2. The average molecular weight is 542 g/mol. The Morgan fingerprint density at radius 1 is 1.15 bits per heavy atom. The van der Waals surface area contributed by atoms with Crippen LogP contribution in [0, 0.1) is 6.07 Å². The number of fused-ring (bicyclic) bond motifs is 1. The maximum Gasteiger partial charge on any atom is 0.316 e. The predicted octanol–water partition coefficient (Wildman–Crippen LogP) is 4.82. The third-order valence-corrected chi connectivity index (χ3v) is 4.32. The third-order valence-electron chi connectivity index (χ3n) is 4.32. The van der Waals surface area contributed by atoms with Gasteiger partial charge in [0, 0.05) is 26.7 Å². The molecule has 0 spiro atoms. The number of carbonyl (C=O) groups excluding carboxylic acids is 1. The molecule has 0 aromatic heterocycles. The second kappa shape index (κ2) is 10.3. The molecule has 145 valence electrons. The fraction of sp³-hybridized carbons (Fsp3) is 0.304. The summed E-state index contributed by atoms with van der Waals surface area (Å²) in [6.07, 6.45) is 2.30. The van der Waals surface area contributed by atoms with Crippen LogP contribution in [0.15, 0.2) is 65.4 Å². The van der Waals surface area contributed by atoms with Gasteiger partial charge in [-0.25, -0.2) is 0 Å². The molecule has 0 saturated carbocycles. The van der Waals surface area contributed by atoms with Crippen LogP contribution in [-0.4, -0.2) is 27.9 Å². The number of aliphatic hydroxyl groups excluding tert-OH is 1. The van der Waals surface area contributed by atoms with Crippen molar-refractivity contribution in [1.29, 1.82) is 0 Å². The van der Waals surface area contributed by atoms with Gasteiger partial charge in [-0.15, -0.1) is 35.9 Å². The fourth-order valence-corrected chi connectivity index (χ4v) is 3.23. The molecule has 27 heavy (non-hydrogen) atoms. The van der Waals surface area contributed by atoms with Gasteiger partial charge in [0.15, 0.2) is 0 Å². The Labute approximate surface area is 175 Å². The molecule has 0 unspecified atom stereocenters. The van der Waals surface area contributed by atoms with Gasteiger partial charge in [0.2, 0.25) is 0 Å². The Balaban J connectivity index is 0.000000395. The van der Waals surface area contributed by atoms with Crippen molar-refractivity contribution in [2.24, 2.45) is 4.99 Å². The van der Waals surface area contributed by atoms with E-state index in [1.807, 2.05) is 12.1 Å². The fourth-order valence-electron chi connectivity index (χ4n) is 3.23. The molecule has 0 amide bonds. The van der Waals surface area contributed by atoms with Gasteiger partial charge < -0.3 is 10.1 Å². The second-order valence-corrected chi connectivity index (χ2v) is 6.97. The summed E-state index contributed by atoms with van der Waals surface area (Å²) in [6, 6.07) is 20.2. The summed E-state index contributed by atoms with van der Waals surface area (Å²) in [6.45, 7) is 8.38. The molecule has 0 fully saturated rings. The number of ketones is 1. The molecule has 3 nitrogen and oxygen atoms in total. The van der Waals surface area contributed by atoms with Gasteiger partial charge in [-0.2, -0.15) is 0 Å². The summed E-state index contributed by atoms with van der Waals surface area (Å²) in [5, 5.41) is 8.40. The largest absolute Gasteiger partial charge is 0.512 e. The molecule has 0 bridgehead atoms. The van der Waals surface area contributed by atoms with Crippen molar-refractivity contribution in [3.63, 3.8) is 0 Å². The van der Waals surface area contributed by atoms with Gasteiger partial charge in [0.05, 0.1) is 18.8 Å². The monoisotopic (exact) mass is 542 g/mol. The minimum atomic E-state index is -0.0645. The molecule has 1 radical (unpaired) electrons. The quantitative estimate of drug-likeness (QED) is 0.252. The van der Waals surface area contributed by atoms with E-state index in [9.17, 15) is 0 Å². The van der Waals surface area contributed by atoms with Crippen molar-refractivity contribution in [2.75, 3.05) is 6.54 Å². The molecule has 3 rings (SSSR count). The zero-order chi connectivity index (χ0) is 19.2. The first-order valence-corrected chi connectivity index (χ1v) is 8.82. The maximum atomic E-state index is 8.40. The molecule has 0 saturated heterocycles. The van der Waals surface area contributed by atoms with Crippen molar-refractivity contribution in [3.8, 4) is 0 Å². The van der Waals surface area contributed by atoms with Crippen LogP contribution in [-0.2, 0) is 31.9 Å². The zero-order valence-electron chi connectivity index (χ0n) is 16.3. The maximum absolute atomic E-state index is 8.40. The molecule has 1 aliphatic heterocycles. The summed E-state index contributed by atoms with van der Waals surface area (Å²) < 4.78 is 0. The molecule has 0 aliphatic carbocycles. The molecule has 0 atom stereocenters. The Kier molecular flexibility index (Phi) is 8.81. The third kappa shape index (κ3) is 6.27. The van der Waals surface area contributed by atoms with E-state index in [-0.39, 0.29) is 37.1 Å². The van der Waals surface area contributed by atoms with E-state index < -0.39 is 0 Å². The van der Waals surface area contributed by atoms with E-state index in [0.29, 0.717) is 0 Å². The van der Waals surface area contributed by atoms with Crippen LogP contribution >= 0.6 is 0 Å². The Hall–Kier alpha value is -2.03. The number of allylic oxidation sites excluding steroid dienone is 2. The topological polar surface area (TPSA) is 54.0 Å². The predicted molar refractivity (Wildman–Crippen MR) is 109 cm³/mol. The van der Waals surface area contributed by atoms with Crippen molar-refractivity contribution < 1.29 is 30.0 Å². The molecular weight excluding hydrogens is 514 g/mol. The minimum absolute atomic E-state index is 0. The van der Waals surface area contributed by atoms with Gasteiger partial charge >= 0.3 is 5.78 Å². The van der Waals surface area contributed by atoms with Crippen LogP contribution in [0.1, 0.15) is 44.4 Å². The summed E-state index contributed by atoms with van der Waals surface area (Å²) in [5.41, 5.74) is 5.01. The van der Waals surface area contributed by atoms with Crippen LogP contribution in [0.2, 0.25) is 0 Å². The average Bonchev–Trinajstić information content (AvgIpc) is 2.71. The first-order chi connectivity index (χ1) is 12.3. The molecule has 4 heteroatoms. The van der Waals surface area contributed by atoms with Crippen LogP contribution in [0.3, 0.4) is 0 Å². The SMILES string of the molecule is CC(=[OH+])/C=C(/C)O.CC1(C)C(c2[c-]cccc2)=NCCc2ccccc21.[Ir]. The normalized spacial score (nSPS) is 15.1. The summed E-state index contributed by atoms with van der Waals surface area (Å²) in [4.78, 5) is 13.2. The zero-order valence-corrected chi connectivity index (χ0v) is 18.7. The number of aliphatic imine (C=N–C) groups is 1. The Morgan fingerprint density at radius 2 is 1.81 bits per heavy atom. The van der Waals surface area contributed by atoms with E-state index in [4.69, 9.17) is 14.9 Å². The molecule has 2 aromatic carbocycles. The van der Waals surface area contributed by atoms with Crippen molar-refractivity contribution in [2.45, 2.75) is 39.5 Å².